The van der Waals surface area contributed by atoms with Crippen LogP contribution < -0.4 is 5.32 Å². The minimum Gasteiger partial charge on any atom is -0.357 e. The lowest BCUT2D eigenvalue weighted by Gasteiger charge is -2.31. The predicted molar refractivity (Wildman–Crippen MR) is 143 cm³/mol. The molecule has 3 aromatic rings. The smallest absolute Gasteiger partial charge is 0.242 e. The number of halogens is 1. The third-order valence-electron chi connectivity index (χ3n) is 6.26. The van der Waals surface area contributed by atoms with E-state index in [0.29, 0.717) is 24.3 Å². The summed E-state index contributed by atoms with van der Waals surface area (Å²) in [6, 6.07) is 25.0. The molecule has 1 unspecified atom stereocenters. The quantitative estimate of drug-likeness (QED) is 0.402. The standard InChI is InChI=1S/C30H35ClN2O2/c1-30(2,3)25-17-14-22(15-18-25)16-19-28(34)33(21-24-12-8-9-13-26(24)31)27(29(35)32-4)20-23-10-6-5-7-11-23/h5-15,17-18,27H,16,19-21H2,1-4H3,(H,32,35). The van der Waals surface area contributed by atoms with E-state index in [-0.39, 0.29) is 23.8 Å². The Balaban J connectivity index is 1.85. The van der Waals surface area contributed by atoms with Crippen molar-refractivity contribution in [1.82, 2.24) is 10.2 Å². The molecule has 0 aliphatic heterocycles. The first-order valence-electron chi connectivity index (χ1n) is 12.1. The number of likely N-dealkylation sites (N-methyl/N-ethyl adjacent to an activating group) is 1. The van der Waals surface area contributed by atoms with Crippen LogP contribution in [0.1, 0.15) is 49.4 Å². The Bertz CT molecular complexity index is 1120. The molecule has 3 rings (SSSR count). The number of carbonyl (C=O) groups is 2. The molecular formula is C30H35ClN2O2. The van der Waals surface area contributed by atoms with E-state index in [1.807, 2.05) is 54.6 Å². The fraction of sp³-hybridized carbons (Fsp3) is 0.333. The molecule has 3 aromatic carbocycles. The number of nitrogens with zero attached hydrogens (tertiary/aromatic N) is 1. The summed E-state index contributed by atoms with van der Waals surface area (Å²) in [6.45, 7) is 6.82. The molecule has 0 saturated carbocycles. The van der Waals surface area contributed by atoms with E-state index in [1.54, 1.807) is 11.9 Å². The average molecular weight is 491 g/mol. The number of carbonyl (C=O) groups excluding carboxylic acids is 2. The first kappa shape index (κ1) is 26.5. The molecule has 2 amide bonds. The van der Waals surface area contributed by atoms with E-state index in [2.05, 4.69) is 50.4 Å². The highest BCUT2D eigenvalue weighted by atomic mass is 35.5. The van der Waals surface area contributed by atoms with Gasteiger partial charge in [-0.05, 0) is 40.2 Å². The van der Waals surface area contributed by atoms with E-state index in [1.165, 1.54) is 5.56 Å². The molecule has 0 aliphatic carbocycles. The Morgan fingerprint density at radius 3 is 2.11 bits per heavy atom. The summed E-state index contributed by atoms with van der Waals surface area (Å²) in [6.07, 6.45) is 1.34. The summed E-state index contributed by atoms with van der Waals surface area (Å²) in [5.41, 5.74) is 4.26. The number of hydrogen-bond donors (Lipinski definition) is 1. The summed E-state index contributed by atoms with van der Waals surface area (Å²) in [5, 5.41) is 3.33. The summed E-state index contributed by atoms with van der Waals surface area (Å²) in [4.78, 5) is 28.3. The maximum atomic E-state index is 13.6. The Labute approximate surface area is 214 Å². The molecule has 1 atom stereocenters. The highest BCUT2D eigenvalue weighted by Gasteiger charge is 2.30. The Morgan fingerprint density at radius 2 is 1.51 bits per heavy atom. The van der Waals surface area contributed by atoms with Gasteiger partial charge in [-0.15, -0.1) is 0 Å². The van der Waals surface area contributed by atoms with Crippen molar-refractivity contribution >= 4 is 23.4 Å². The average Bonchev–Trinajstić information content (AvgIpc) is 2.85. The monoisotopic (exact) mass is 490 g/mol. The van der Waals surface area contributed by atoms with Crippen molar-refractivity contribution in [3.63, 3.8) is 0 Å². The van der Waals surface area contributed by atoms with Crippen LogP contribution in [0.25, 0.3) is 0 Å². The van der Waals surface area contributed by atoms with Crippen LogP contribution in [0, 0.1) is 0 Å². The van der Waals surface area contributed by atoms with Crippen molar-refractivity contribution in [3.05, 3.63) is 106 Å². The topological polar surface area (TPSA) is 49.4 Å². The lowest BCUT2D eigenvalue weighted by atomic mass is 9.86. The van der Waals surface area contributed by atoms with Gasteiger partial charge < -0.3 is 10.2 Å². The van der Waals surface area contributed by atoms with Gasteiger partial charge in [-0.25, -0.2) is 0 Å². The molecule has 5 heteroatoms. The Morgan fingerprint density at radius 1 is 0.886 bits per heavy atom. The number of aryl methyl sites for hydroxylation is 1. The van der Waals surface area contributed by atoms with Gasteiger partial charge in [0.25, 0.3) is 0 Å². The fourth-order valence-corrected chi connectivity index (χ4v) is 4.29. The van der Waals surface area contributed by atoms with Crippen molar-refractivity contribution in [3.8, 4) is 0 Å². The van der Waals surface area contributed by atoms with Crippen molar-refractivity contribution in [1.29, 1.82) is 0 Å². The van der Waals surface area contributed by atoms with E-state index in [9.17, 15) is 9.59 Å². The zero-order valence-corrected chi connectivity index (χ0v) is 21.8. The van der Waals surface area contributed by atoms with E-state index in [4.69, 9.17) is 11.6 Å². The molecule has 184 valence electrons. The highest BCUT2D eigenvalue weighted by molar-refractivity contribution is 6.31. The van der Waals surface area contributed by atoms with Crippen LogP contribution in [0.4, 0.5) is 0 Å². The van der Waals surface area contributed by atoms with Gasteiger partial charge in [-0.1, -0.05) is 105 Å². The number of benzene rings is 3. The van der Waals surface area contributed by atoms with E-state index in [0.717, 1.165) is 16.7 Å². The maximum absolute atomic E-state index is 13.6. The Kier molecular flexibility index (Phi) is 9.11. The predicted octanol–water partition coefficient (Wildman–Crippen LogP) is 5.96. The molecule has 35 heavy (non-hydrogen) atoms. The van der Waals surface area contributed by atoms with Crippen LogP contribution in [-0.4, -0.2) is 29.8 Å². The number of hydrogen-bond acceptors (Lipinski definition) is 2. The third kappa shape index (κ3) is 7.43. The first-order chi connectivity index (χ1) is 16.7. The number of nitrogens with one attached hydrogen (secondary N) is 1. The van der Waals surface area contributed by atoms with Gasteiger partial charge in [0.05, 0.1) is 0 Å². The maximum Gasteiger partial charge on any atom is 0.242 e. The molecule has 0 fully saturated rings. The molecule has 0 aliphatic rings. The lowest BCUT2D eigenvalue weighted by Crippen LogP contribution is -2.49. The summed E-state index contributed by atoms with van der Waals surface area (Å²) in [5.74, 6) is -0.266. The molecule has 0 spiro atoms. The SMILES string of the molecule is CNC(=O)C(Cc1ccccc1)N(Cc1ccccc1Cl)C(=O)CCc1ccc(C(C)(C)C)cc1. The van der Waals surface area contributed by atoms with E-state index < -0.39 is 6.04 Å². The second-order valence-electron chi connectivity index (χ2n) is 9.88. The van der Waals surface area contributed by atoms with Gasteiger partial charge in [0.1, 0.15) is 6.04 Å². The Hall–Kier alpha value is -3.11. The molecule has 4 nitrogen and oxygen atoms in total. The first-order valence-corrected chi connectivity index (χ1v) is 12.4. The molecule has 0 aromatic heterocycles. The van der Waals surface area contributed by atoms with Gasteiger partial charge in [-0.3, -0.25) is 9.59 Å². The van der Waals surface area contributed by atoms with Crippen molar-refractivity contribution < 1.29 is 9.59 Å². The minimum absolute atomic E-state index is 0.0747. The van der Waals surface area contributed by atoms with Crippen molar-refractivity contribution in [2.75, 3.05) is 7.05 Å². The van der Waals surface area contributed by atoms with Crippen LogP contribution in [0.5, 0.6) is 0 Å². The lowest BCUT2D eigenvalue weighted by molar-refractivity contribution is -0.141. The van der Waals surface area contributed by atoms with E-state index >= 15 is 0 Å². The summed E-state index contributed by atoms with van der Waals surface area (Å²) >= 11 is 6.44. The summed E-state index contributed by atoms with van der Waals surface area (Å²) in [7, 11) is 1.61. The minimum atomic E-state index is -0.644. The zero-order valence-electron chi connectivity index (χ0n) is 21.1. The van der Waals surface area contributed by atoms with Crippen LogP contribution in [0.3, 0.4) is 0 Å². The second kappa shape index (κ2) is 12.0. The van der Waals surface area contributed by atoms with Gasteiger partial charge in [0.2, 0.25) is 11.8 Å². The van der Waals surface area contributed by atoms with Gasteiger partial charge in [0, 0.05) is 31.5 Å². The van der Waals surface area contributed by atoms with Gasteiger partial charge in [0.15, 0.2) is 0 Å². The highest BCUT2D eigenvalue weighted by Crippen LogP contribution is 2.24. The molecule has 0 bridgehead atoms. The second-order valence-corrected chi connectivity index (χ2v) is 10.3. The fourth-order valence-electron chi connectivity index (χ4n) is 4.10. The third-order valence-corrected chi connectivity index (χ3v) is 6.63. The van der Waals surface area contributed by atoms with Crippen LogP contribution in [0.15, 0.2) is 78.9 Å². The van der Waals surface area contributed by atoms with Crippen molar-refractivity contribution in [2.45, 2.75) is 58.0 Å². The largest absolute Gasteiger partial charge is 0.357 e. The molecule has 0 radical (unpaired) electrons. The van der Waals surface area contributed by atoms with Gasteiger partial charge in [-0.2, -0.15) is 0 Å². The van der Waals surface area contributed by atoms with Crippen LogP contribution in [0.2, 0.25) is 5.02 Å². The van der Waals surface area contributed by atoms with Crippen LogP contribution >= 0.6 is 11.6 Å². The zero-order chi connectivity index (χ0) is 25.4. The van der Waals surface area contributed by atoms with Crippen LogP contribution in [-0.2, 0) is 34.4 Å². The normalized spacial score (nSPS) is 12.1. The summed E-state index contributed by atoms with van der Waals surface area (Å²) < 4.78 is 0. The van der Waals surface area contributed by atoms with Gasteiger partial charge >= 0.3 is 0 Å². The number of amides is 2. The number of rotatable bonds is 9. The molecule has 0 heterocycles. The van der Waals surface area contributed by atoms with Crippen molar-refractivity contribution in [2.24, 2.45) is 0 Å². The molecular weight excluding hydrogens is 456 g/mol. The molecule has 1 N–H and O–H groups in total. The molecule has 0 saturated heterocycles.